The van der Waals surface area contributed by atoms with Gasteiger partial charge in [-0.1, -0.05) is 0 Å². The highest BCUT2D eigenvalue weighted by Crippen LogP contribution is 2.30. The van der Waals surface area contributed by atoms with E-state index in [-0.39, 0.29) is 23.1 Å². The highest BCUT2D eigenvalue weighted by atomic mass is 32.2. The third-order valence-corrected chi connectivity index (χ3v) is 5.55. The first-order chi connectivity index (χ1) is 11.6. The van der Waals surface area contributed by atoms with Gasteiger partial charge in [-0.05, 0) is 31.4 Å². The molecule has 0 aliphatic carbocycles. The van der Waals surface area contributed by atoms with Crippen LogP contribution in [0, 0.1) is 0 Å². The Kier molecular flexibility index (Phi) is 5.60. The SMILES string of the molecule is O=C(c1ncccc1O[C@H]1SC[C@@H](O)[C@H](O)[C@H]1O)N1CCCCC1. The second-order valence-electron chi connectivity index (χ2n) is 6.07. The normalized spacial score (nSPS) is 30.9. The van der Waals surface area contributed by atoms with Crippen LogP contribution in [0.5, 0.6) is 5.75 Å². The van der Waals surface area contributed by atoms with Gasteiger partial charge in [0.15, 0.2) is 16.9 Å². The van der Waals surface area contributed by atoms with Gasteiger partial charge in [-0.3, -0.25) is 4.79 Å². The van der Waals surface area contributed by atoms with Crippen molar-refractivity contribution in [3.63, 3.8) is 0 Å². The maximum Gasteiger partial charge on any atom is 0.276 e. The molecule has 4 atom stereocenters. The average Bonchev–Trinajstić information content (AvgIpc) is 2.63. The van der Waals surface area contributed by atoms with Crippen LogP contribution < -0.4 is 4.74 Å². The predicted octanol–water partition coefficient (Wildman–Crippen LogP) is 0.242. The Morgan fingerprint density at radius 2 is 1.96 bits per heavy atom. The number of carbonyl (C=O) groups excluding carboxylic acids is 1. The third kappa shape index (κ3) is 3.66. The molecule has 0 bridgehead atoms. The van der Waals surface area contributed by atoms with Crippen molar-refractivity contribution >= 4 is 17.7 Å². The Hall–Kier alpha value is -1.35. The van der Waals surface area contributed by atoms with Crippen molar-refractivity contribution in [1.29, 1.82) is 0 Å². The summed E-state index contributed by atoms with van der Waals surface area (Å²) < 4.78 is 5.76. The summed E-state index contributed by atoms with van der Waals surface area (Å²) in [6.45, 7) is 1.42. The van der Waals surface area contributed by atoms with Gasteiger partial charge >= 0.3 is 0 Å². The highest BCUT2D eigenvalue weighted by molar-refractivity contribution is 7.99. The van der Waals surface area contributed by atoms with Gasteiger partial charge in [0.2, 0.25) is 0 Å². The molecule has 2 fully saturated rings. The molecular formula is C16H22N2O5S. The molecule has 1 aromatic rings. The zero-order chi connectivity index (χ0) is 17.1. The van der Waals surface area contributed by atoms with Crippen LogP contribution >= 0.6 is 11.8 Å². The van der Waals surface area contributed by atoms with E-state index >= 15 is 0 Å². The Labute approximate surface area is 144 Å². The molecule has 2 aliphatic heterocycles. The van der Waals surface area contributed by atoms with Crippen molar-refractivity contribution in [3.8, 4) is 5.75 Å². The van der Waals surface area contributed by atoms with E-state index in [1.165, 1.54) is 18.0 Å². The molecule has 2 aliphatic rings. The number of ether oxygens (including phenoxy) is 1. The standard InChI is InChI=1S/C16H22N2O5S/c19-10-9-24-16(14(21)13(10)20)23-11-5-4-6-17-12(11)15(22)18-7-2-1-3-8-18/h4-6,10,13-14,16,19-21H,1-3,7-9H2/t10-,13+,14-,16+/m1/s1. The van der Waals surface area contributed by atoms with Crippen LogP contribution in [-0.4, -0.2) is 73.7 Å². The second-order valence-corrected chi connectivity index (χ2v) is 7.20. The van der Waals surface area contributed by atoms with Crippen molar-refractivity contribution in [1.82, 2.24) is 9.88 Å². The zero-order valence-electron chi connectivity index (χ0n) is 13.2. The first kappa shape index (κ1) is 17.5. The van der Waals surface area contributed by atoms with Crippen LogP contribution in [0.3, 0.4) is 0 Å². The number of likely N-dealkylation sites (tertiary alicyclic amines) is 1. The molecule has 0 unspecified atom stereocenters. The Morgan fingerprint density at radius 1 is 1.21 bits per heavy atom. The van der Waals surface area contributed by atoms with Crippen LogP contribution in [-0.2, 0) is 0 Å². The number of aromatic nitrogens is 1. The molecule has 3 heterocycles. The Balaban J connectivity index is 1.75. The van der Waals surface area contributed by atoms with Crippen LogP contribution in [0.15, 0.2) is 18.3 Å². The summed E-state index contributed by atoms with van der Waals surface area (Å²) in [5.74, 6) is 0.354. The Morgan fingerprint density at radius 3 is 2.71 bits per heavy atom. The maximum atomic E-state index is 12.7. The van der Waals surface area contributed by atoms with Crippen molar-refractivity contribution in [2.75, 3.05) is 18.8 Å². The van der Waals surface area contributed by atoms with Crippen molar-refractivity contribution in [3.05, 3.63) is 24.0 Å². The molecule has 24 heavy (non-hydrogen) atoms. The maximum absolute atomic E-state index is 12.7. The number of thioether (sulfide) groups is 1. The minimum absolute atomic E-state index is 0.179. The van der Waals surface area contributed by atoms with Gasteiger partial charge < -0.3 is 25.0 Å². The molecule has 1 aromatic heterocycles. The number of aliphatic hydroxyl groups excluding tert-OH is 3. The van der Waals surface area contributed by atoms with Crippen LogP contribution in [0.25, 0.3) is 0 Å². The number of nitrogens with zero attached hydrogens (tertiary/aromatic N) is 2. The lowest BCUT2D eigenvalue weighted by Crippen LogP contribution is -2.50. The molecule has 0 radical (unpaired) electrons. The number of piperidine rings is 1. The lowest BCUT2D eigenvalue weighted by molar-refractivity contribution is -0.0787. The smallest absolute Gasteiger partial charge is 0.276 e. The largest absolute Gasteiger partial charge is 0.474 e. The minimum atomic E-state index is -1.27. The van der Waals surface area contributed by atoms with Crippen molar-refractivity contribution in [2.45, 2.75) is 43.0 Å². The van der Waals surface area contributed by atoms with Gasteiger partial charge in [-0.2, -0.15) is 0 Å². The molecule has 8 heteroatoms. The van der Waals surface area contributed by atoms with Crippen LogP contribution in [0.2, 0.25) is 0 Å². The summed E-state index contributed by atoms with van der Waals surface area (Å²) in [6.07, 6.45) is 1.12. The van der Waals surface area contributed by atoms with E-state index in [1.54, 1.807) is 17.0 Å². The van der Waals surface area contributed by atoms with Crippen LogP contribution in [0.4, 0.5) is 0 Å². The van der Waals surface area contributed by atoms with Gasteiger partial charge in [0.05, 0.1) is 6.10 Å². The number of amides is 1. The van der Waals surface area contributed by atoms with Gasteiger partial charge in [0.1, 0.15) is 12.2 Å². The molecular weight excluding hydrogens is 332 g/mol. The van der Waals surface area contributed by atoms with Gasteiger partial charge in [-0.15, -0.1) is 11.8 Å². The molecule has 1 amide bonds. The summed E-state index contributed by atoms with van der Waals surface area (Å²) in [7, 11) is 0. The minimum Gasteiger partial charge on any atom is -0.474 e. The van der Waals surface area contributed by atoms with E-state index in [2.05, 4.69) is 4.98 Å². The van der Waals surface area contributed by atoms with E-state index in [0.717, 1.165) is 19.3 Å². The number of hydrogen-bond acceptors (Lipinski definition) is 7. The Bertz CT molecular complexity index is 581. The zero-order valence-corrected chi connectivity index (χ0v) is 14.1. The number of rotatable bonds is 3. The second kappa shape index (κ2) is 7.69. The molecule has 2 saturated heterocycles. The molecule has 0 aromatic carbocycles. The quantitative estimate of drug-likeness (QED) is 0.714. The first-order valence-electron chi connectivity index (χ1n) is 8.14. The van der Waals surface area contributed by atoms with E-state index in [0.29, 0.717) is 13.1 Å². The summed E-state index contributed by atoms with van der Waals surface area (Å²) in [4.78, 5) is 18.6. The monoisotopic (exact) mass is 354 g/mol. The number of aliphatic hydroxyl groups is 3. The topological polar surface area (TPSA) is 103 Å². The average molecular weight is 354 g/mol. The molecule has 0 saturated carbocycles. The number of hydrogen-bond donors (Lipinski definition) is 3. The predicted molar refractivity (Wildman–Crippen MR) is 88.9 cm³/mol. The van der Waals surface area contributed by atoms with E-state index < -0.39 is 23.7 Å². The highest BCUT2D eigenvalue weighted by Gasteiger charge is 2.39. The lowest BCUT2D eigenvalue weighted by atomic mass is 10.1. The summed E-state index contributed by atoms with van der Waals surface area (Å²) in [6, 6.07) is 3.29. The van der Waals surface area contributed by atoms with Crippen molar-refractivity contribution < 1.29 is 24.9 Å². The van der Waals surface area contributed by atoms with E-state index in [1.807, 2.05) is 0 Å². The molecule has 3 rings (SSSR count). The van der Waals surface area contributed by atoms with E-state index in [9.17, 15) is 20.1 Å². The molecule has 7 nitrogen and oxygen atoms in total. The fourth-order valence-electron chi connectivity index (χ4n) is 2.90. The van der Waals surface area contributed by atoms with Crippen molar-refractivity contribution in [2.24, 2.45) is 0 Å². The fraction of sp³-hybridized carbons (Fsp3) is 0.625. The number of pyridine rings is 1. The van der Waals surface area contributed by atoms with Gasteiger partial charge in [0.25, 0.3) is 5.91 Å². The fourth-order valence-corrected chi connectivity index (χ4v) is 4.02. The molecule has 132 valence electrons. The third-order valence-electron chi connectivity index (χ3n) is 4.31. The van der Waals surface area contributed by atoms with Gasteiger partial charge in [0, 0.05) is 25.0 Å². The number of carbonyl (C=O) groups is 1. The van der Waals surface area contributed by atoms with Crippen LogP contribution in [0.1, 0.15) is 29.8 Å². The molecule has 3 N–H and O–H groups in total. The first-order valence-corrected chi connectivity index (χ1v) is 9.19. The summed E-state index contributed by atoms with van der Waals surface area (Å²) >= 11 is 1.20. The van der Waals surface area contributed by atoms with Gasteiger partial charge in [-0.25, -0.2) is 4.98 Å². The van der Waals surface area contributed by atoms with E-state index in [4.69, 9.17) is 4.74 Å². The lowest BCUT2D eigenvalue weighted by Gasteiger charge is -2.35. The summed E-state index contributed by atoms with van der Waals surface area (Å²) in [5, 5.41) is 29.5. The summed E-state index contributed by atoms with van der Waals surface area (Å²) in [5.41, 5.74) is -0.548. The molecule has 0 spiro atoms.